The summed E-state index contributed by atoms with van der Waals surface area (Å²) in [5.41, 5.74) is 42.6. The summed E-state index contributed by atoms with van der Waals surface area (Å²) in [6.07, 6.45) is 7.41. The van der Waals surface area contributed by atoms with Crippen molar-refractivity contribution in [1.29, 1.82) is 0 Å². The summed E-state index contributed by atoms with van der Waals surface area (Å²) in [5, 5.41) is 4.51. The lowest BCUT2D eigenvalue weighted by Crippen LogP contribution is -2.14. The van der Waals surface area contributed by atoms with Crippen LogP contribution in [0.15, 0.2) is 377 Å². The van der Waals surface area contributed by atoms with Crippen LogP contribution in [0.4, 0.5) is 0 Å². The van der Waals surface area contributed by atoms with Crippen molar-refractivity contribution in [2.24, 2.45) is 0 Å². The van der Waals surface area contributed by atoms with Gasteiger partial charge in [-0.2, -0.15) is 0 Å². The number of rotatable bonds is 7. The smallest absolute Gasteiger partial charge is 0.121 e. The van der Waals surface area contributed by atoms with E-state index in [4.69, 9.17) is 26.5 Å². The zero-order valence-electron chi connectivity index (χ0n) is 77.4. The number of hydrogen-bond acceptors (Lipinski definition) is 5. The van der Waals surface area contributed by atoms with Crippen molar-refractivity contribution in [3.63, 3.8) is 0 Å². The molecule has 0 spiro atoms. The lowest BCUT2D eigenvalue weighted by Gasteiger charge is -2.21. The maximum Gasteiger partial charge on any atom is 0.121 e. The normalized spacial score (nSPS) is 14.6. The third-order valence-electron chi connectivity index (χ3n) is 27.6. The number of hydrogen-bond donors (Lipinski definition) is 0. The van der Waals surface area contributed by atoms with Crippen LogP contribution >= 0.6 is 0 Å². The molecule has 22 aromatic rings. The summed E-state index contributed by atoms with van der Waals surface area (Å²) < 4.78 is 55.9. The van der Waals surface area contributed by atoms with E-state index in [2.05, 4.69) is 366 Å². The first-order valence-corrected chi connectivity index (χ1v) is 43.7. The lowest BCUT2D eigenvalue weighted by molar-refractivity contribution is 0.414. The van der Waals surface area contributed by atoms with Gasteiger partial charge in [-0.1, -0.05) is 256 Å². The topological polar surface area (TPSA) is 80.5 Å². The maximum atomic E-state index is 8.58. The number of aromatic nitrogens is 8. The van der Waals surface area contributed by atoms with Crippen LogP contribution in [-0.2, 0) is 21.7 Å². The van der Waals surface area contributed by atoms with E-state index in [1.165, 1.54) is 138 Å². The number of nitrogens with zero attached hydrogens (tertiary/aromatic N) is 8. The minimum Gasteiger partial charge on any atom is -0.497 e. The van der Waals surface area contributed by atoms with Crippen LogP contribution in [0.1, 0.15) is 112 Å². The third kappa shape index (κ3) is 12.0. The molecule has 0 bridgehead atoms. The highest BCUT2D eigenvalue weighted by Crippen LogP contribution is 2.56. The van der Waals surface area contributed by atoms with E-state index >= 15 is 0 Å². The fourth-order valence-electron chi connectivity index (χ4n) is 21.4. The second-order valence-corrected chi connectivity index (χ2v) is 36.2. The minimum absolute atomic E-state index is 0.0271. The van der Waals surface area contributed by atoms with Gasteiger partial charge in [0.25, 0.3) is 0 Å². The van der Waals surface area contributed by atoms with Gasteiger partial charge in [-0.15, -0.1) is 0 Å². The number of pyridine rings is 4. The Kier molecular flexibility index (Phi) is 16.3. The summed E-state index contributed by atoms with van der Waals surface area (Å²) >= 11 is 0. The average Bonchev–Trinajstić information content (AvgIpc) is 1.56. The van der Waals surface area contributed by atoms with Crippen LogP contribution in [0.25, 0.3) is 177 Å². The first kappa shape index (κ1) is 71.1. The predicted molar refractivity (Wildman–Crippen MR) is 527 cm³/mol. The predicted octanol–water partition coefficient (Wildman–Crippen LogP) is 29.6. The second kappa shape index (κ2) is 29.2. The van der Waals surface area contributed by atoms with Crippen LogP contribution in [0.5, 0.6) is 5.75 Å². The third-order valence-corrected chi connectivity index (χ3v) is 27.6. The van der Waals surface area contributed by atoms with Gasteiger partial charge in [-0.25, -0.2) is 0 Å². The summed E-state index contributed by atoms with van der Waals surface area (Å²) in [7, 11) is 1.72. The van der Waals surface area contributed by atoms with E-state index in [1.807, 2.05) is 48.9 Å². The zero-order valence-corrected chi connectivity index (χ0v) is 72.4. The Balaban J connectivity index is 0.0000000999. The molecular formula is C118H92N8O. The van der Waals surface area contributed by atoms with Gasteiger partial charge in [0.1, 0.15) is 5.75 Å². The standard InChI is InChI=1S/2C32H24N2.C28H24N2O.C26H20N2/c1-32(2)27-15-7-6-14-24(27)25-20-30-26(19-28(25)32)31-29(16-9-17-33-31)34(30)23-13-8-12-22(18-23)21-10-4-3-5-11-21;1-32(2)27-12-7-6-11-24(27)25-20-30-26(19-28(25)32)31-29(13-8-18-33-31)34(30)23-16-14-22(15-17-23)21-9-4-3-5-10-21;1-17-12-18(14-19(13-17)31-4)30-25-10-7-11-29-27(25)22-15-24-21(16-26(22)30)20-8-5-6-9-23(20)28(24,2)3;1-26(2)21-12-7-6-11-18(21)19-16-24-20(15-22(19)26)25-23(13-8-14-27-25)28(24)17-9-4-3-5-10-17/h2*3-20H,1-2H3;5-16H,1-4H3;3-16H,1-2H3/i;;;3D,4D,5D,9D,10D. The second-order valence-electron chi connectivity index (χ2n) is 36.2. The highest BCUT2D eigenvalue weighted by Gasteiger charge is 2.41. The van der Waals surface area contributed by atoms with E-state index in [9.17, 15) is 0 Å². The molecule has 0 fully saturated rings. The summed E-state index contributed by atoms with van der Waals surface area (Å²) in [4.78, 5) is 19.1. The molecule has 127 heavy (non-hydrogen) atoms. The quantitative estimate of drug-likeness (QED) is 0.159. The molecule has 8 heterocycles. The van der Waals surface area contributed by atoms with Gasteiger partial charge in [0.15, 0.2) is 0 Å². The molecule has 0 radical (unpaired) electrons. The van der Waals surface area contributed by atoms with Gasteiger partial charge in [0.2, 0.25) is 0 Å². The molecule has 0 saturated heterocycles. The van der Waals surface area contributed by atoms with Crippen LogP contribution in [0, 0.1) is 6.92 Å². The summed E-state index contributed by atoms with van der Waals surface area (Å²) in [5.74, 6) is 0.863. The highest BCUT2D eigenvalue weighted by molar-refractivity contribution is 6.14. The lowest BCUT2D eigenvalue weighted by atomic mass is 9.82. The van der Waals surface area contributed by atoms with Gasteiger partial charge in [-0.3, -0.25) is 19.9 Å². The number of benzene rings is 14. The Morgan fingerprint density at radius 3 is 0.945 bits per heavy atom. The molecule has 9 heteroatoms. The monoisotopic (exact) mass is 1640 g/mol. The molecule has 26 rings (SSSR count). The van der Waals surface area contributed by atoms with Crippen molar-refractivity contribution in [2.45, 2.75) is 84.0 Å². The van der Waals surface area contributed by atoms with Crippen LogP contribution in [-0.4, -0.2) is 45.3 Å². The molecule has 0 N–H and O–H groups in total. The van der Waals surface area contributed by atoms with Crippen LogP contribution in [0.2, 0.25) is 0 Å². The van der Waals surface area contributed by atoms with E-state index < -0.39 is 6.04 Å². The number of aryl methyl sites for hydroxylation is 1. The molecule has 0 atom stereocenters. The first-order valence-electron chi connectivity index (χ1n) is 46.2. The van der Waals surface area contributed by atoms with Gasteiger partial charge in [-0.05, 0) is 269 Å². The summed E-state index contributed by atoms with van der Waals surface area (Å²) in [6, 6.07) is 113. The SMILES string of the molecule is CC1(C)c2ccccc2-c2cc3c(cc21)c1ncccc1n3-c1ccc(-c2ccccc2)cc1.CC1(C)c2ccccc2-c2cc3c(cc21)c1ncccc1n3-c1cccc(-c2ccccc2)c1.COc1cc(C)cc(-n2c3cc4c(cc3c3ncccc32)C(C)(C)c2ccccc2-4)c1.[2H]c1c([2H])c([2H])c(-n2c3cc4c(cc3c3ncccc32)C(C)(C)c2ccccc2-4)c([2H])c1[2H]. The van der Waals surface area contributed by atoms with Crippen molar-refractivity contribution in [3.05, 3.63) is 427 Å². The molecule has 0 amide bonds. The molecule has 4 aliphatic rings. The average molecular weight is 1640 g/mol. The molecule has 4 aliphatic carbocycles. The van der Waals surface area contributed by atoms with Gasteiger partial charge < -0.3 is 23.0 Å². The first-order chi connectivity index (χ1) is 64.0. The van der Waals surface area contributed by atoms with Gasteiger partial charge in [0.05, 0.1) is 85.9 Å². The summed E-state index contributed by atoms with van der Waals surface area (Å²) in [6.45, 7) is 20.5. The Morgan fingerprint density at radius 2 is 0.567 bits per heavy atom. The van der Waals surface area contributed by atoms with Gasteiger partial charge >= 0.3 is 0 Å². The maximum absolute atomic E-state index is 8.58. The van der Waals surface area contributed by atoms with Crippen molar-refractivity contribution in [1.82, 2.24) is 38.2 Å². The zero-order chi connectivity index (χ0) is 90.3. The Labute approximate surface area is 745 Å². The number of para-hydroxylation sites is 1. The van der Waals surface area contributed by atoms with Gasteiger partial charge in [0, 0.05) is 91.1 Å². The van der Waals surface area contributed by atoms with E-state index in [-0.39, 0.29) is 51.5 Å². The van der Waals surface area contributed by atoms with Crippen molar-refractivity contribution < 1.29 is 11.6 Å². The fourth-order valence-corrected chi connectivity index (χ4v) is 21.4. The number of ether oxygens (including phenoxy) is 1. The Bertz CT molecular complexity index is 8560. The van der Waals surface area contributed by atoms with E-state index in [0.29, 0.717) is 5.52 Å². The molecule has 0 saturated carbocycles. The molecule has 9 nitrogen and oxygen atoms in total. The Hall–Kier alpha value is -15.3. The number of fused-ring (bicyclic) bond motifs is 24. The van der Waals surface area contributed by atoms with Crippen LogP contribution in [0.3, 0.4) is 0 Å². The molecule has 610 valence electrons. The number of methoxy groups -OCH3 is 1. The molecule has 0 aliphatic heterocycles. The molecule has 8 aromatic heterocycles. The fraction of sp³-hybridized carbons (Fsp3) is 0.119. The Morgan fingerprint density at radius 1 is 0.244 bits per heavy atom. The molecular weight excluding hydrogens is 1550 g/mol. The largest absolute Gasteiger partial charge is 0.497 e. The van der Waals surface area contributed by atoms with Crippen molar-refractivity contribution >= 4 is 87.7 Å². The van der Waals surface area contributed by atoms with E-state index in [0.717, 1.165) is 83.5 Å². The minimum atomic E-state index is -0.399. The van der Waals surface area contributed by atoms with Crippen molar-refractivity contribution in [2.75, 3.05) is 7.11 Å². The van der Waals surface area contributed by atoms with Crippen LogP contribution < -0.4 is 4.74 Å². The van der Waals surface area contributed by atoms with Crippen molar-refractivity contribution in [3.8, 4) is 95.3 Å². The molecule has 0 unspecified atom stereocenters. The van der Waals surface area contributed by atoms with E-state index in [1.54, 1.807) is 23.9 Å². The highest BCUT2D eigenvalue weighted by atomic mass is 16.5. The molecule has 14 aromatic carbocycles.